The molecule has 1 N–H and O–H groups in total. The van der Waals surface area contributed by atoms with Crippen molar-refractivity contribution < 1.29 is 17.9 Å². The third-order valence-corrected chi connectivity index (χ3v) is 5.83. The van der Waals surface area contributed by atoms with E-state index in [-0.39, 0.29) is 11.5 Å². The standard InChI is InChI=1S/C21H24N2O4S/c1-2-28(25,26)22-19-8-6-18(7-9-19)21(24)12-5-17-3-10-20(11-4-17)23-13-15-27-16-14-23/h3-12,22H,2,13-16H2,1H3/b12-5+. The van der Waals surface area contributed by atoms with E-state index in [4.69, 9.17) is 4.74 Å². The highest BCUT2D eigenvalue weighted by Gasteiger charge is 2.11. The lowest BCUT2D eigenvalue weighted by Crippen LogP contribution is -2.36. The van der Waals surface area contributed by atoms with Crippen LogP contribution in [0, 0.1) is 0 Å². The zero-order valence-corrected chi connectivity index (χ0v) is 16.6. The number of sulfonamides is 1. The number of nitrogens with one attached hydrogen (secondary N) is 1. The van der Waals surface area contributed by atoms with Gasteiger partial charge in [-0.15, -0.1) is 0 Å². The van der Waals surface area contributed by atoms with E-state index in [2.05, 4.69) is 9.62 Å². The first kappa shape index (κ1) is 20.1. The Labute approximate surface area is 165 Å². The summed E-state index contributed by atoms with van der Waals surface area (Å²) in [5.74, 6) is -0.136. The second-order valence-corrected chi connectivity index (χ2v) is 8.48. The maximum Gasteiger partial charge on any atom is 0.232 e. The lowest BCUT2D eigenvalue weighted by atomic mass is 10.1. The van der Waals surface area contributed by atoms with E-state index in [0.29, 0.717) is 11.3 Å². The number of morpholine rings is 1. The van der Waals surface area contributed by atoms with Gasteiger partial charge in [-0.1, -0.05) is 18.2 Å². The summed E-state index contributed by atoms with van der Waals surface area (Å²) in [6.07, 6.45) is 3.30. The van der Waals surface area contributed by atoms with Crippen molar-refractivity contribution >= 4 is 33.3 Å². The minimum absolute atomic E-state index is 0.000742. The largest absolute Gasteiger partial charge is 0.378 e. The molecule has 3 rings (SSSR count). The van der Waals surface area contributed by atoms with Crippen LogP contribution in [0.2, 0.25) is 0 Å². The molecule has 7 heteroatoms. The molecule has 0 aromatic heterocycles. The topological polar surface area (TPSA) is 75.7 Å². The molecule has 6 nitrogen and oxygen atoms in total. The number of nitrogens with zero attached hydrogens (tertiary/aromatic N) is 1. The van der Waals surface area contributed by atoms with E-state index in [0.717, 1.165) is 37.6 Å². The summed E-state index contributed by atoms with van der Waals surface area (Å²) in [7, 11) is -3.32. The number of benzene rings is 2. The molecule has 148 valence electrons. The van der Waals surface area contributed by atoms with Crippen LogP contribution in [0.4, 0.5) is 11.4 Å². The molecule has 1 aliphatic heterocycles. The third-order valence-electron chi connectivity index (χ3n) is 4.52. The number of ether oxygens (including phenoxy) is 1. The summed E-state index contributed by atoms with van der Waals surface area (Å²) in [5, 5.41) is 0. The minimum atomic E-state index is -3.32. The molecular weight excluding hydrogens is 376 g/mol. The summed E-state index contributed by atoms with van der Waals surface area (Å²) >= 11 is 0. The maximum absolute atomic E-state index is 12.3. The van der Waals surface area contributed by atoms with Gasteiger partial charge < -0.3 is 9.64 Å². The Kier molecular flexibility index (Phi) is 6.49. The number of allylic oxidation sites excluding steroid dienone is 1. The fraction of sp³-hybridized carbons (Fsp3) is 0.286. The lowest BCUT2D eigenvalue weighted by Gasteiger charge is -2.28. The first-order valence-electron chi connectivity index (χ1n) is 9.22. The van der Waals surface area contributed by atoms with Gasteiger partial charge in [0.05, 0.1) is 19.0 Å². The zero-order valence-electron chi connectivity index (χ0n) is 15.8. The number of rotatable bonds is 7. The molecule has 2 aromatic rings. The Morgan fingerprint density at radius 2 is 1.71 bits per heavy atom. The van der Waals surface area contributed by atoms with Gasteiger partial charge in [-0.2, -0.15) is 0 Å². The molecule has 0 spiro atoms. The Morgan fingerprint density at radius 3 is 2.32 bits per heavy atom. The second kappa shape index (κ2) is 9.03. The highest BCUT2D eigenvalue weighted by atomic mass is 32.2. The molecule has 1 saturated heterocycles. The zero-order chi connectivity index (χ0) is 20.0. The van der Waals surface area contributed by atoms with Gasteiger partial charge in [-0.3, -0.25) is 9.52 Å². The van der Waals surface area contributed by atoms with Crippen LogP contribution in [-0.4, -0.2) is 46.3 Å². The van der Waals surface area contributed by atoms with Gasteiger partial charge in [-0.25, -0.2) is 8.42 Å². The molecule has 1 heterocycles. The Bertz CT molecular complexity index is 929. The van der Waals surface area contributed by atoms with Crippen LogP contribution in [0.25, 0.3) is 6.08 Å². The minimum Gasteiger partial charge on any atom is -0.378 e. The average Bonchev–Trinajstić information content (AvgIpc) is 2.73. The maximum atomic E-state index is 12.3. The molecule has 0 bridgehead atoms. The van der Waals surface area contributed by atoms with Crippen LogP contribution < -0.4 is 9.62 Å². The van der Waals surface area contributed by atoms with Crippen molar-refractivity contribution in [1.82, 2.24) is 0 Å². The van der Waals surface area contributed by atoms with Gasteiger partial charge in [0.2, 0.25) is 10.0 Å². The molecule has 0 atom stereocenters. The van der Waals surface area contributed by atoms with Gasteiger partial charge in [0.1, 0.15) is 0 Å². The van der Waals surface area contributed by atoms with Crippen molar-refractivity contribution in [3.63, 3.8) is 0 Å². The van der Waals surface area contributed by atoms with E-state index in [1.807, 2.05) is 24.3 Å². The molecule has 28 heavy (non-hydrogen) atoms. The highest BCUT2D eigenvalue weighted by Crippen LogP contribution is 2.18. The fourth-order valence-electron chi connectivity index (χ4n) is 2.84. The van der Waals surface area contributed by atoms with Gasteiger partial charge >= 0.3 is 0 Å². The lowest BCUT2D eigenvalue weighted by molar-refractivity contribution is 0.104. The number of hydrogen-bond donors (Lipinski definition) is 1. The highest BCUT2D eigenvalue weighted by molar-refractivity contribution is 7.92. The summed E-state index contributed by atoms with van der Waals surface area (Å²) in [6, 6.07) is 14.5. The monoisotopic (exact) mass is 400 g/mol. The molecule has 2 aromatic carbocycles. The number of carbonyl (C=O) groups is 1. The van der Waals surface area contributed by atoms with Crippen LogP contribution in [0.15, 0.2) is 54.6 Å². The van der Waals surface area contributed by atoms with E-state index in [9.17, 15) is 13.2 Å². The van der Waals surface area contributed by atoms with Crippen molar-refractivity contribution in [3.05, 3.63) is 65.7 Å². The SMILES string of the molecule is CCS(=O)(=O)Nc1ccc(C(=O)/C=C/c2ccc(N3CCOCC3)cc2)cc1. The Morgan fingerprint density at radius 1 is 1.07 bits per heavy atom. The quantitative estimate of drug-likeness (QED) is 0.571. The van der Waals surface area contributed by atoms with Gasteiger partial charge in [0.15, 0.2) is 5.78 Å². The van der Waals surface area contributed by atoms with Crippen LogP contribution >= 0.6 is 0 Å². The first-order valence-corrected chi connectivity index (χ1v) is 10.9. The van der Waals surface area contributed by atoms with Crippen LogP contribution in [0.3, 0.4) is 0 Å². The predicted octanol–water partition coefficient (Wildman–Crippen LogP) is 3.18. The molecule has 0 aliphatic carbocycles. The predicted molar refractivity (Wildman–Crippen MR) is 112 cm³/mol. The Balaban J connectivity index is 1.61. The summed E-state index contributed by atoms with van der Waals surface area (Å²) < 4.78 is 31.0. The van der Waals surface area contributed by atoms with E-state index in [1.54, 1.807) is 37.3 Å². The van der Waals surface area contributed by atoms with Crippen LogP contribution in [0.1, 0.15) is 22.8 Å². The molecule has 0 amide bonds. The van der Waals surface area contributed by atoms with Gasteiger partial charge in [-0.05, 0) is 55.0 Å². The van der Waals surface area contributed by atoms with E-state index in [1.165, 1.54) is 6.08 Å². The van der Waals surface area contributed by atoms with E-state index < -0.39 is 10.0 Å². The molecule has 0 saturated carbocycles. The summed E-state index contributed by atoms with van der Waals surface area (Å²) in [5.41, 5.74) is 3.04. The third kappa shape index (κ3) is 5.43. The number of carbonyl (C=O) groups excluding carboxylic acids is 1. The van der Waals surface area contributed by atoms with Crippen molar-refractivity contribution in [3.8, 4) is 0 Å². The van der Waals surface area contributed by atoms with Crippen LogP contribution in [0.5, 0.6) is 0 Å². The molecule has 0 unspecified atom stereocenters. The fourth-order valence-corrected chi connectivity index (χ4v) is 3.48. The van der Waals surface area contributed by atoms with Crippen molar-refractivity contribution in [1.29, 1.82) is 0 Å². The van der Waals surface area contributed by atoms with Gasteiger partial charge in [0, 0.05) is 30.0 Å². The molecular formula is C21H24N2O4S. The molecule has 0 radical (unpaired) electrons. The van der Waals surface area contributed by atoms with Crippen molar-refractivity contribution in [2.24, 2.45) is 0 Å². The summed E-state index contributed by atoms with van der Waals surface area (Å²) in [4.78, 5) is 14.6. The van der Waals surface area contributed by atoms with Crippen molar-refractivity contribution in [2.45, 2.75) is 6.92 Å². The first-order chi connectivity index (χ1) is 13.5. The Hall–Kier alpha value is -2.64. The normalized spacial score (nSPS) is 15.0. The number of ketones is 1. The second-order valence-electron chi connectivity index (χ2n) is 6.47. The average molecular weight is 401 g/mol. The number of anilines is 2. The number of hydrogen-bond acceptors (Lipinski definition) is 5. The smallest absolute Gasteiger partial charge is 0.232 e. The van der Waals surface area contributed by atoms with E-state index >= 15 is 0 Å². The van der Waals surface area contributed by atoms with Crippen LogP contribution in [-0.2, 0) is 14.8 Å². The van der Waals surface area contributed by atoms with Gasteiger partial charge in [0.25, 0.3) is 0 Å². The molecule has 1 fully saturated rings. The van der Waals surface area contributed by atoms with Crippen molar-refractivity contribution in [2.75, 3.05) is 41.7 Å². The summed E-state index contributed by atoms with van der Waals surface area (Å²) in [6.45, 7) is 4.83. The molecule has 1 aliphatic rings.